The van der Waals surface area contributed by atoms with Gasteiger partial charge in [0.2, 0.25) is 5.91 Å². The summed E-state index contributed by atoms with van der Waals surface area (Å²) < 4.78 is 5.17. The fraction of sp³-hybridized carbons (Fsp3) is 0.125. The number of methoxy groups -OCH3 is 1. The van der Waals surface area contributed by atoms with E-state index in [0.717, 1.165) is 0 Å². The largest absolute Gasteiger partial charge is 0.496 e. The lowest BCUT2D eigenvalue weighted by Crippen LogP contribution is -2.23. The Hall–Kier alpha value is -2.57. The highest BCUT2D eigenvalue weighted by Crippen LogP contribution is 2.27. The molecule has 2 rings (SSSR count). The normalized spacial score (nSPS) is 10.0. The number of hydrogen-bond donors (Lipinski definition) is 3. The molecule has 0 saturated carbocycles. The fourth-order valence-electron chi connectivity index (χ4n) is 1.95. The van der Waals surface area contributed by atoms with E-state index in [4.69, 9.17) is 22.1 Å². The quantitative estimate of drug-likeness (QED) is 0.783. The predicted octanol–water partition coefficient (Wildman–Crippen LogP) is 2.50. The van der Waals surface area contributed by atoms with Crippen LogP contribution in [-0.2, 0) is 4.79 Å². The third-order valence-electron chi connectivity index (χ3n) is 3.04. The number of halogens is 1. The molecule has 2 amide bonds. The van der Waals surface area contributed by atoms with Crippen molar-refractivity contribution >= 4 is 34.8 Å². The maximum Gasteiger partial charge on any atom is 0.259 e. The second kappa shape index (κ2) is 7.62. The Morgan fingerprint density at radius 2 is 1.87 bits per heavy atom. The van der Waals surface area contributed by atoms with Gasteiger partial charge in [-0.2, -0.15) is 0 Å². The van der Waals surface area contributed by atoms with Crippen molar-refractivity contribution in [2.75, 3.05) is 24.3 Å². The van der Waals surface area contributed by atoms with Crippen molar-refractivity contribution in [3.63, 3.8) is 0 Å². The van der Waals surface area contributed by atoms with E-state index >= 15 is 0 Å². The summed E-state index contributed by atoms with van der Waals surface area (Å²) in [5, 5.41) is 5.74. The molecule has 0 unspecified atom stereocenters. The Kier molecular flexibility index (Phi) is 5.56. The number of anilines is 2. The Balaban J connectivity index is 2.28. The van der Waals surface area contributed by atoms with Crippen LogP contribution in [0.4, 0.5) is 11.4 Å². The minimum Gasteiger partial charge on any atom is -0.496 e. The van der Waals surface area contributed by atoms with Gasteiger partial charge >= 0.3 is 0 Å². The zero-order valence-electron chi connectivity index (χ0n) is 12.4. The molecule has 0 aliphatic rings. The topological polar surface area (TPSA) is 93.5 Å². The summed E-state index contributed by atoms with van der Waals surface area (Å²) >= 11 is 5.93. The lowest BCUT2D eigenvalue weighted by Gasteiger charge is -2.13. The number of amides is 2. The zero-order chi connectivity index (χ0) is 16.8. The molecule has 0 atom stereocenters. The summed E-state index contributed by atoms with van der Waals surface area (Å²) in [6, 6.07) is 11.6. The van der Waals surface area contributed by atoms with E-state index in [-0.39, 0.29) is 18.4 Å². The molecular formula is C16H16ClN3O3. The average Bonchev–Trinajstić information content (AvgIpc) is 2.57. The van der Waals surface area contributed by atoms with Crippen LogP contribution in [0.1, 0.15) is 10.4 Å². The number of hydrogen-bond acceptors (Lipinski definition) is 4. The van der Waals surface area contributed by atoms with Crippen molar-refractivity contribution in [1.82, 2.24) is 0 Å². The van der Waals surface area contributed by atoms with Gasteiger partial charge in [-0.15, -0.1) is 0 Å². The summed E-state index contributed by atoms with van der Waals surface area (Å²) in [5.41, 5.74) is 6.45. The van der Waals surface area contributed by atoms with Crippen LogP contribution in [0.2, 0.25) is 5.02 Å². The second-order valence-corrected chi connectivity index (χ2v) is 5.03. The molecule has 7 heteroatoms. The van der Waals surface area contributed by atoms with Crippen LogP contribution in [0.3, 0.4) is 0 Å². The maximum absolute atomic E-state index is 12.4. The van der Waals surface area contributed by atoms with Gasteiger partial charge in [0.05, 0.1) is 30.6 Å². The summed E-state index contributed by atoms with van der Waals surface area (Å²) in [4.78, 5) is 23.9. The van der Waals surface area contributed by atoms with Crippen LogP contribution >= 0.6 is 11.6 Å². The molecule has 0 heterocycles. The first-order chi connectivity index (χ1) is 11.0. The van der Waals surface area contributed by atoms with Crippen molar-refractivity contribution in [3.8, 4) is 5.75 Å². The average molecular weight is 334 g/mol. The van der Waals surface area contributed by atoms with Crippen LogP contribution in [0, 0.1) is 0 Å². The third kappa shape index (κ3) is 4.21. The highest BCUT2D eigenvalue weighted by molar-refractivity contribution is 6.31. The number of benzene rings is 2. The summed E-state index contributed by atoms with van der Waals surface area (Å²) in [6.45, 7) is -0.174. The van der Waals surface area contributed by atoms with Crippen molar-refractivity contribution < 1.29 is 14.3 Å². The Morgan fingerprint density at radius 1 is 1.13 bits per heavy atom. The molecule has 0 aliphatic heterocycles. The lowest BCUT2D eigenvalue weighted by molar-refractivity contribution is -0.114. The van der Waals surface area contributed by atoms with E-state index in [9.17, 15) is 9.59 Å². The molecule has 0 bridgehead atoms. The van der Waals surface area contributed by atoms with Crippen LogP contribution in [-0.4, -0.2) is 25.5 Å². The van der Waals surface area contributed by atoms with Crippen molar-refractivity contribution in [2.24, 2.45) is 5.73 Å². The van der Waals surface area contributed by atoms with Gasteiger partial charge in [-0.1, -0.05) is 23.7 Å². The van der Waals surface area contributed by atoms with Crippen LogP contribution in [0.25, 0.3) is 0 Å². The number of nitrogens with two attached hydrogens (primary N) is 1. The molecule has 0 aromatic heterocycles. The predicted molar refractivity (Wildman–Crippen MR) is 90.1 cm³/mol. The van der Waals surface area contributed by atoms with Crippen LogP contribution in [0.5, 0.6) is 5.75 Å². The van der Waals surface area contributed by atoms with Crippen LogP contribution in [0.15, 0.2) is 42.5 Å². The Bertz CT molecular complexity index is 734. The van der Waals surface area contributed by atoms with E-state index in [1.807, 2.05) is 0 Å². The smallest absolute Gasteiger partial charge is 0.259 e. The van der Waals surface area contributed by atoms with Gasteiger partial charge in [0, 0.05) is 5.02 Å². The number of nitrogens with one attached hydrogen (secondary N) is 2. The van der Waals surface area contributed by atoms with Gasteiger partial charge in [0.15, 0.2) is 0 Å². The molecule has 4 N–H and O–H groups in total. The molecular weight excluding hydrogens is 318 g/mol. The molecule has 120 valence electrons. The number of carbonyl (C=O) groups is 2. The summed E-state index contributed by atoms with van der Waals surface area (Å²) in [5.74, 6) is -0.306. The van der Waals surface area contributed by atoms with E-state index in [2.05, 4.69) is 10.6 Å². The van der Waals surface area contributed by atoms with Gasteiger partial charge in [0.25, 0.3) is 5.91 Å². The van der Waals surface area contributed by atoms with Crippen LogP contribution < -0.4 is 21.1 Å². The fourth-order valence-corrected chi connectivity index (χ4v) is 2.12. The number of carbonyl (C=O) groups excluding carboxylic acids is 2. The second-order valence-electron chi connectivity index (χ2n) is 4.60. The Morgan fingerprint density at radius 3 is 2.57 bits per heavy atom. The summed E-state index contributed by atoms with van der Waals surface area (Å²) in [7, 11) is 1.49. The molecule has 0 aliphatic carbocycles. The van der Waals surface area contributed by atoms with E-state index in [1.165, 1.54) is 13.2 Å². The highest BCUT2D eigenvalue weighted by Gasteiger charge is 2.14. The molecule has 0 radical (unpaired) electrons. The molecule has 0 fully saturated rings. The van der Waals surface area contributed by atoms with E-state index in [0.29, 0.717) is 27.7 Å². The first-order valence-electron chi connectivity index (χ1n) is 6.79. The first-order valence-corrected chi connectivity index (χ1v) is 7.16. The van der Waals surface area contributed by atoms with Gasteiger partial charge < -0.3 is 21.1 Å². The van der Waals surface area contributed by atoms with Crippen molar-refractivity contribution in [2.45, 2.75) is 0 Å². The van der Waals surface area contributed by atoms with Crippen molar-refractivity contribution in [1.29, 1.82) is 0 Å². The van der Waals surface area contributed by atoms with Gasteiger partial charge in [0.1, 0.15) is 5.75 Å². The van der Waals surface area contributed by atoms with E-state index in [1.54, 1.807) is 36.4 Å². The van der Waals surface area contributed by atoms with E-state index < -0.39 is 0 Å². The van der Waals surface area contributed by atoms with Gasteiger partial charge in [-0.3, -0.25) is 9.59 Å². The SMILES string of the molecule is COc1ccccc1C(=O)Nc1ccc(Cl)cc1NC(=O)CN. The number of rotatable bonds is 5. The zero-order valence-corrected chi connectivity index (χ0v) is 13.2. The monoisotopic (exact) mass is 333 g/mol. The minimum absolute atomic E-state index is 0.174. The Labute approximate surface area is 138 Å². The first kappa shape index (κ1) is 16.8. The molecule has 2 aromatic rings. The van der Waals surface area contributed by atoms with Crippen molar-refractivity contribution in [3.05, 3.63) is 53.1 Å². The summed E-state index contributed by atoms with van der Waals surface area (Å²) in [6.07, 6.45) is 0. The minimum atomic E-state index is -0.389. The third-order valence-corrected chi connectivity index (χ3v) is 3.28. The number of para-hydroxylation sites is 1. The molecule has 0 saturated heterocycles. The highest BCUT2D eigenvalue weighted by atomic mass is 35.5. The van der Waals surface area contributed by atoms with Gasteiger partial charge in [-0.05, 0) is 30.3 Å². The standard InChI is InChI=1S/C16H16ClN3O3/c1-23-14-5-3-2-4-11(14)16(22)20-12-7-6-10(17)8-13(12)19-15(21)9-18/h2-8H,9,18H2,1H3,(H,19,21)(H,20,22). The molecule has 2 aromatic carbocycles. The maximum atomic E-state index is 12.4. The number of ether oxygens (including phenoxy) is 1. The molecule has 23 heavy (non-hydrogen) atoms. The molecule has 0 spiro atoms. The molecule has 6 nitrogen and oxygen atoms in total. The lowest BCUT2D eigenvalue weighted by atomic mass is 10.1. The van der Waals surface area contributed by atoms with Gasteiger partial charge in [-0.25, -0.2) is 0 Å².